The van der Waals surface area contributed by atoms with E-state index in [0.717, 1.165) is 12.1 Å². The maximum Gasteiger partial charge on any atom is 0.255 e. The summed E-state index contributed by atoms with van der Waals surface area (Å²) in [4.78, 5) is 12.2. The number of para-hydroxylation sites is 1. The molecule has 0 spiro atoms. The second-order valence-electron chi connectivity index (χ2n) is 5.25. The average molecular weight is 266 g/mol. The van der Waals surface area contributed by atoms with E-state index in [2.05, 4.69) is 11.4 Å². The highest BCUT2D eigenvalue weighted by molar-refractivity contribution is 6.04. The Hall–Kier alpha value is -2.13. The van der Waals surface area contributed by atoms with E-state index in [0.29, 0.717) is 23.9 Å². The van der Waals surface area contributed by atoms with Crippen molar-refractivity contribution in [3.05, 3.63) is 65.7 Å². The molecule has 1 amide bonds. The normalized spacial score (nSPS) is 20.4. The fraction of sp³-hybridized carbons (Fsp3) is 0.235. The summed E-state index contributed by atoms with van der Waals surface area (Å²) in [5.74, 6) is 0.986. The van der Waals surface area contributed by atoms with Gasteiger partial charge < -0.3 is 11.1 Å². The minimum Gasteiger partial charge on any atom is -0.330 e. The summed E-state index contributed by atoms with van der Waals surface area (Å²) in [5, 5.41) is 3.01. The summed E-state index contributed by atoms with van der Waals surface area (Å²) in [6.07, 6.45) is 1.12. The largest absolute Gasteiger partial charge is 0.330 e. The van der Waals surface area contributed by atoms with E-state index in [1.54, 1.807) is 0 Å². The van der Waals surface area contributed by atoms with Crippen molar-refractivity contribution >= 4 is 11.6 Å². The van der Waals surface area contributed by atoms with Gasteiger partial charge in [0, 0.05) is 11.3 Å². The summed E-state index contributed by atoms with van der Waals surface area (Å²) >= 11 is 0. The van der Waals surface area contributed by atoms with Crippen LogP contribution in [0.15, 0.2) is 54.6 Å². The Bertz CT molecular complexity index is 609. The number of hydrogen-bond acceptors (Lipinski definition) is 2. The molecule has 1 aliphatic rings. The van der Waals surface area contributed by atoms with E-state index in [1.807, 2.05) is 48.5 Å². The lowest BCUT2D eigenvalue weighted by Crippen LogP contribution is -2.13. The number of carbonyl (C=O) groups excluding carboxylic acids is 1. The zero-order chi connectivity index (χ0) is 13.9. The molecule has 3 rings (SSSR count). The minimum absolute atomic E-state index is 0.0667. The summed E-state index contributed by atoms with van der Waals surface area (Å²) < 4.78 is 0. The zero-order valence-corrected chi connectivity index (χ0v) is 11.3. The molecule has 0 heterocycles. The molecule has 3 heteroatoms. The maximum atomic E-state index is 12.2. The fourth-order valence-electron chi connectivity index (χ4n) is 2.61. The van der Waals surface area contributed by atoms with Crippen molar-refractivity contribution in [3.63, 3.8) is 0 Å². The highest BCUT2D eigenvalue weighted by Gasteiger charge is 2.38. The molecule has 0 unspecified atom stereocenters. The lowest BCUT2D eigenvalue weighted by atomic mass is 10.1. The Kier molecular flexibility index (Phi) is 3.52. The summed E-state index contributed by atoms with van der Waals surface area (Å²) in [5.41, 5.74) is 8.50. The van der Waals surface area contributed by atoms with Gasteiger partial charge >= 0.3 is 0 Å². The van der Waals surface area contributed by atoms with Gasteiger partial charge in [0.15, 0.2) is 0 Å². The predicted octanol–water partition coefficient (Wildman–Crippen LogP) is 3.00. The third-order valence-electron chi connectivity index (χ3n) is 3.87. The quantitative estimate of drug-likeness (QED) is 0.893. The van der Waals surface area contributed by atoms with Gasteiger partial charge in [-0.25, -0.2) is 0 Å². The highest BCUT2D eigenvalue weighted by atomic mass is 16.1. The SMILES string of the molecule is NC[C@H]1C[C@@H]1c1ccccc1NC(=O)c1ccccc1. The number of nitrogens with two attached hydrogens (primary N) is 1. The summed E-state index contributed by atoms with van der Waals surface area (Å²) in [7, 11) is 0. The van der Waals surface area contributed by atoms with Crippen LogP contribution in [-0.4, -0.2) is 12.5 Å². The molecule has 0 bridgehead atoms. The Morgan fingerprint density at radius 2 is 1.80 bits per heavy atom. The summed E-state index contributed by atoms with van der Waals surface area (Å²) in [6, 6.07) is 17.3. The molecular formula is C17H18N2O. The first kappa shape index (κ1) is 12.9. The fourth-order valence-corrected chi connectivity index (χ4v) is 2.61. The number of benzene rings is 2. The van der Waals surface area contributed by atoms with Crippen LogP contribution in [0.25, 0.3) is 0 Å². The number of rotatable bonds is 4. The molecule has 2 aromatic rings. The molecule has 0 saturated heterocycles. The van der Waals surface area contributed by atoms with Gasteiger partial charge in [-0.1, -0.05) is 36.4 Å². The van der Waals surface area contributed by atoms with Crippen molar-refractivity contribution in [2.45, 2.75) is 12.3 Å². The lowest BCUT2D eigenvalue weighted by Gasteiger charge is -2.11. The van der Waals surface area contributed by atoms with Crippen LogP contribution in [0.5, 0.6) is 0 Å². The Morgan fingerprint density at radius 3 is 2.50 bits per heavy atom. The van der Waals surface area contributed by atoms with Crippen molar-refractivity contribution < 1.29 is 4.79 Å². The molecule has 2 atom stereocenters. The number of hydrogen-bond donors (Lipinski definition) is 2. The lowest BCUT2D eigenvalue weighted by molar-refractivity contribution is 0.102. The molecule has 3 nitrogen and oxygen atoms in total. The van der Waals surface area contributed by atoms with Crippen molar-refractivity contribution in [1.82, 2.24) is 0 Å². The van der Waals surface area contributed by atoms with Crippen LogP contribution in [0.4, 0.5) is 5.69 Å². The molecule has 0 aromatic heterocycles. The number of nitrogens with one attached hydrogen (secondary N) is 1. The molecule has 0 radical (unpaired) electrons. The van der Waals surface area contributed by atoms with Crippen LogP contribution in [0.1, 0.15) is 28.3 Å². The average Bonchev–Trinajstić information content (AvgIpc) is 3.28. The monoisotopic (exact) mass is 266 g/mol. The molecule has 1 fully saturated rings. The first-order valence-corrected chi connectivity index (χ1v) is 6.95. The Morgan fingerprint density at radius 1 is 1.10 bits per heavy atom. The molecule has 1 saturated carbocycles. The van der Waals surface area contributed by atoms with Crippen molar-refractivity contribution in [2.24, 2.45) is 11.7 Å². The van der Waals surface area contributed by atoms with Crippen molar-refractivity contribution in [3.8, 4) is 0 Å². The highest BCUT2D eigenvalue weighted by Crippen LogP contribution is 2.49. The molecule has 102 valence electrons. The van der Waals surface area contributed by atoms with Gasteiger partial charge in [0.2, 0.25) is 0 Å². The second-order valence-corrected chi connectivity index (χ2v) is 5.25. The van der Waals surface area contributed by atoms with Crippen LogP contribution < -0.4 is 11.1 Å². The van der Waals surface area contributed by atoms with Gasteiger partial charge in [-0.05, 0) is 48.6 Å². The van der Waals surface area contributed by atoms with E-state index in [1.165, 1.54) is 5.56 Å². The van der Waals surface area contributed by atoms with E-state index in [9.17, 15) is 4.79 Å². The standard InChI is InChI=1S/C17H18N2O/c18-11-13-10-15(13)14-8-4-5-9-16(14)19-17(20)12-6-2-1-3-7-12/h1-9,13,15H,10-11,18H2,(H,19,20)/t13-,15+/m1/s1. The van der Waals surface area contributed by atoms with Crippen molar-refractivity contribution in [2.75, 3.05) is 11.9 Å². The van der Waals surface area contributed by atoms with Crippen LogP contribution in [-0.2, 0) is 0 Å². The summed E-state index contributed by atoms with van der Waals surface area (Å²) in [6.45, 7) is 0.714. The maximum absolute atomic E-state index is 12.2. The van der Waals surface area contributed by atoms with Gasteiger partial charge in [0.1, 0.15) is 0 Å². The first-order valence-electron chi connectivity index (χ1n) is 6.95. The van der Waals surface area contributed by atoms with Gasteiger partial charge in [0.05, 0.1) is 0 Å². The molecule has 3 N–H and O–H groups in total. The van der Waals surface area contributed by atoms with Gasteiger partial charge in [-0.15, -0.1) is 0 Å². The molecular weight excluding hydrogens is 248 g/mol. The number of amides is 1. The topological polar surface area (TPSA) is 55.1 Å². The predicted molar refractivity (Wildman–Crippen MR) is 80.7 cm³/mol. The van der Waals surface area contributed by atoms with E-state index in [-0.39, 0.29) is 5.91 Å². The molecule has 0 aliphatic heterocycles. The van der Waals surface area contributed by atoms with Gasteiger partial charge in [-0.2, -0.15) is 0 Å². The third kappa shape index (κ3) is 2.58. The van der Waals surface area contributed by atoms with Gasteiger partial charge in [0.25, 0.3) is 5.91 Å². The van der Waals surface area contributed by atoms with Crippen LogP contribution in [0, 0.1) is 5.92 Å². The van der Waals surface area contributed by atoms with Gasteiger partial charge in [-0.3, -0.25) is 4.79 Å². The van der Waals surface area contributed by atoms with Crippen molar-refractivity contribution in [1.29, 1.82) is 0 Å². The van der Waals surface area contributed by atoms with E-state index in [4.69, 9.17) is 5.73 Å². The van der Waals surface area contributed by atoms with E-state index >= 15 is 0 Å². The van der Waals surface area contributed by atoms with Crippen LogP contribution in [0.2, 0.25) is 0 Å². The number of carbonyl (C=O) groups is 1. The van der Waals surface area contributed by atoms with Crippen LogP contribution in [0.3, 0.4) is 0 Å². The number of anilines is 1. The second kappa shape index (κ2) is 5.47. The molecule has 2 aromatic carbocycles. The first-order chi connectivity index (χ1) is 9.79. The van der Waals surface area contributed by atoms with E-state index < -0.39 is 0 Å². The molecule has 1 aliphatic carbocycles. The Labute approximate surface area is 118 Å². The minimum atomic E-state index is -0.0667. The molecule has 20 heavy (non-hydrogen) atoms. The van der Waals surface area contributed by atoms with Crippen LogP contribution >= 0.6 is 0 Å². The smallest absolute Gasteiger partial charge is 0.255 e. The zero-order valence-electron chi connectivity index (χ0n) is 11.3. The third-order valence-corrected chi connectivity index (χ3v) is 3.87. The Balaban J connectivity index is 1.80.